The van der Waals surface area contributed by atoms with Crippen LogP contribution in [0.5, 0.6) is 0 Å². The summed E-state index contributed by atoms with van der Waals surface area (Å²) >= 11 is 11.9. The predicted molar refractivity (Wildman–Crippen MR) is 102 cm³/mol. The molecule has 0 aliphatic heterocycles. The summed E-state index contributed by atoms with van der Waals surface area (Å²) in [6.07, 6.45) is 1.35. The maximum atomic E-state index is 12.2. The first-order valence-electron chi connectivity index (χ1n) is 7.87. The molecule has 0 bridgehead atoms. The second-order valence-electron chi connectivity index (χ2n) is 5.64. The van der Waals surface area contributed by atoms with Crippen molar-refractivity contribution in [1.82, 2.24) is 15.3 Å². The molecule has 1 aromatic heterocycles. The lowest BCUT2D eigenvalue weighted by Gasteiger charge is -2.07. The summed E-state index contributed by atoms with van der Waals surface area (Å²) in [6, 6.07) is 14.2. The Morgan fingerprint density at radius 3 is 2.46 bits per heavy atom. The van der Waals surface area contributed by atoms with Crippen LogP contribution in [0.15, 0.2) is 59.5 Å². The summed E-state index contributed by atoms with van der Waals surface area (Å²) in [6.45, 7) is 0.298. The average molecular weight is 388 g/mol. The minimum atomic E-state index is -0.349. The number of benzene rings is 2. The molecule has 1 heterocycles. The Labute approximate surface area is 160 Å². The van der Waals surface area contributed by atoms with Crippen LogP contribution in [0.3, 0.4) is 0 Å². The van der Waals surface area contributed by atoms with Crippen molar-refractivity contribution in [2.45, 2.75) is 13.0 Å². The van der Waals surface area contributed by atoms with Crippen LogP contribution in [0, 0.1) is 0 Å². The van der Waals surface area contributed by atoms with Crippen LogP contribution in [0.25, 0.3) is 11.4 Å². The van der Waals surface area contributed by atoms with Crippen LogP contribution in [-0.4, -0.2) is 15.9 Å². The Kier molecular flexibility index (Phi) is 5.71. The fourth-order valence-electron chi connectivity index (χ4n) is 2.37. The van der Waals surface area contributed by atoms with Crippen molar-refractivity contribution >= 4 is 29.1 Å². The maximum Gasteiger partial charge on any atom is 0.254 e. The lowest BCUT2D eigenvalue weighted by atomic mass is 10.2. The fraction of sp³-hybridized carbons (Fsp3) is 0.105. The third kappa shape index (κ3) is 4.50. The molecule has 5 nitrogen and oxygen atoms in total. The molecule has 0 saturated heterocycles. The van der Waals surface area contributed by atoms with Gasteiger partial charge in [-0.1, -0.05) is 41.4 Å². The van der Waals surface area contributed by atoms with E-state index < -0.39 is 0 Å². The molecule has 2 aromatic carbocycles. The van der Waals surface area contributed by atoms with Gasteiger partial charge < -0.3 is 10.3 Å². The van der Waals surface area contributed by atoms with E-state index in [2.05, 4.69) is 15.3 Å². The van der Waals surface area contributed by atoms with E-state index in [-0.39, 0.29) is 17.9 Å². The quantitative estimate of drug-likeness (QED) is 0.701. The molecule has 0 radical (unpaired) electrons. The van der Waals surface area contributed by atoms with E-state index in [9.17, 15) is 9.59 Å². The van der Waals surface area contributed by atoms with Gasteiger partial charge in [-0.15, -0.1) is 0 Å². The monoisotopic (exact) mass is 387 g/mol. The topological polar surface area (TPSA) is 74.8 Å². The molecular formula is C19H15Cl2N3O2. The first-order valence-corrected chi connectivity index (χ1v) is 8.63. The zero-order valence-corrected chi connectivity index (χ0v) is 15.1. The van der Waals surface area contributed by atoms with Crippen molar-refractivity contribution in [3.05, 3.63) is 86.3 Å². The smallest absolute Gasteiger partial charge is 0.254 e. The maximum absolute atomic E-state index is 12.2. The molecule has 0 fully saturated rings. The van der Waals surface area contributed by atoms with Gasteiger partial charge in [0.05, 0.1) is 6.42 Å². The zero-order chi connectivity index (χ0) is 18.5. The number of hydrogen-bond donors (Lipinski definition) is 2. The number of halogens is 2. The summed E-state index contributed by atoms with van der Waals surface area (Å²) in [5.41, 5.74) is 1.49. The van der Waals surface area contributed by atoms with Crippen molar-refractivity contribution in [1.29, 1.82) is 0 Å². The molecule has 3 rings (SSSR count). The Morgan fingerprint density at radius 1 is 1.04 bits per heavy atom. The summed E-state index contributed by atoms with van der Waals surface area (Å²) in [5.74, 6) is 0.142. The molecule has 0 aliphatic rings. The van der Waals surface area contributed by atoms with E-state index in [0.717, 1.165) is 11.1 Å². The molecule has 3 aromatic rings. The van der Waals surface area contributed by atoms with Gasteiger partial charge in [0, 0.05) is 33.9 Å². The molecule has 132 valence electrons. The van der Waals surface area contributed by atoms with Gasteiger partial charge in [0.2, 0.25) is 5.91 Å². The van der Waals surface area contributed by atoms with E-state index in [1.165, 1.54) is 6.20 Å². The van der Waals surface area contributed by atoms with Crippen molar-refractivity contribution in [2.24, 2.45) is 0 Å². The third-order valence-electron chi connectivity index (χ3n) is 3.78. The van der Waals surface area contributed by atoms with Crippen LogP contribution in [0.4, 0.5) is 0 Å². The Bertz CT molecular complexity index is 985. The normalized spacial score (nSPS) is 10.5. The lowest BCUT2D eigenvalue weighted by Crippen LogP contribution is -2.28. The van der Waals surface area contributed by atoms with Gasteiger partial charge in [-0.05, 0) is 35.9 Å². The SMILES string of the molecule is O=C(Cc1cnc(-c2ccc(Cl)cc2)[nH]c1=O)NCc1ccccc1Cl. The predicted octanol–water partition coefficient (Wildman–Crippen LogP) is 3.60. The van der Waals surface area contributed by atoms with Crippen molar-refractivity contribution in [3.63, 3.8) is 0 Å². The molecule has 0 unspecified atom stereocenters. The van der Waals surface area contributed by atoms with Gasteiger partial charge in [-0.3, -0.25) is 9.59 Å². The molecule has 26 heavy (non-hydrogen) atoms. The number of H-pyrrole nitrogens is 1. The molecule has 2 N–H and O–H groups in total. The van der Waals surface area contributed by atoms with Crippen LogP contribution in [-0.2, 0) is 17.8 Å². The van der Waals surface area contributed by atoms with Gasteiger partial charge in [0.15, 0.2) is 0 Å². The highest BCUT2D eigenvalue weighted by Gasteiger charge is 2.10. The van der Waals surface area contributed by atoms with Crippen LogP contribution >= 0.6 is 23.2 Å². The number of rotatable bonds is 5. The number of nitrogens with one attached hydrogen (secondary N) is 2. The second-order valence-corrected chi connectivity index (χ2v) is 6.48. The largest absolute Gasteiger partial charge is 0.352 e. The highest BCUT2D eigenvalue weighted by atomic mass is 35.5. The first kappa shape index (κ1) is 18.2. The van der Waals surface area contributed by atoms with E-state index >= 15 is 0 Å². The zero-order valence-electron chi connectivity index (χ0n) is 13.6. The Hall–Kier alpha value is -2.63. The Morgan fingerprint density at radius 2 is 1.77 bits per heavy atom. The summed E-state index contributed by atoms with van der Waals surface area (Å²) in [4.78, 5) is 31.2. The number of amides is 1. The number of aromatic nitrogens is 2. The number of hydrogen-bond acceptors (Lipinski definition) is 3. The summed E-state index contributed by atoms with van der Waals surface area (Å²) in [5, 5.41) is 3.93. The van der Waals surface area contributed by atoms with E-state index in [4.69, 9.17) is 23.2 Å². The van der Waals surface area contributed by atoms with Gasteiger partial charge in [0.1, 0.15) is 5.82 Å². The standard InChI is InChI=1S/C19H15Cl2N3O2/c20-15-7-5-12(6-8-15)18-23-11-14(19(26)24-18)9-17(25)22-10-13-3-1-2-4-16(13)21/h1-8,11H,9-10H2,(H,22,25)(H,23,24,26). The summed E-state index contributed by atoms with van der Waals surface area (Å²) < 4.78 is 0. The van der Waals surface area contributed by atoms with Crippen molar-refractivity contribution < 1.29 is 4.79 Å². The van der Waals surface area contributed by atoms with Crippen LogP contribution in [0.1, 0.15) is 11.1 Å². The second kappa shape index (κ2) is 8.17. The molecule has 7 heteroatoms. The minimum Gasteiger partial charge on any atom is -0.352 e. The van der Waals surface area contributed by atoms with Crippen LogP contribution < -0.4 is 10.9 Å². The number of carbonyl (C=O) groups excluding carboxylic acids is 1. The van der Waals surface area contributed by atoms with E-state index in [0.29, 0.717) is 28.0 Å². The van der Waals surface area contributed by atoms with Gasteiger partial charge in [-0.2, -0.15) is 0 Å². The van der Waals surface area contributed by atoms with Crippen LogP contribution in [0.2, 0.25) is 10.0 Å². The Balaban J connectivity index is 1.66. The van der Waals surface area contributed by atoms with E-state index in [1.54, 1.807) is 30.3 Å². The first-order chi connectivity index (χ1) is 12.5. The molecule has 1 amide bonds. The molecule has 0 atom stereocenters. The van der Waals surface area contributed by atoms with Gasteiger partial charge >= 0.3 is 0 Å². The highest BCUT2D eigenvalue weighted by molar-refractivity contribution is 6.31. The fourth-order valence-corrected chi connectivity index (χ4v) is 2.70. The third-order valence-corrected chi connectivity index (χ3v) is 4.40. The van der Waals surface area contributed by atoms with E-state index in [1.807, 2.05) is 18.2 Å². The minimum absolute atomic E-state index is 0.0618. The lowest BCUT2D eigenvalue weighted by molar-refractivity contribution is -0.120. The molecule has 0 spiro atoms. The molecular weight excluding hydrogens is 373 g/mol. The molecule has 0 aliphatic carbocycles. The van der Waals surface area contributed by atoms with Gasteiger partial charge in [0.25, 0.3) is 5.56 Å². The number of aromatic amines is 1. The van der Waals surface area contributed by atoms with Crippen molar-refractivity contribution in [3.8, 4) is 11.4 Å². The van der Waals surface area contributed by atoms with Crippen molar-refractivity contribution in [2.75, 3.05) is 0 Å². The summed E-state index contributed by atoms with van der Waals surface area (Å²) in [7, 11) is 0. The number of carbonyl (C=O) groups is 1. The highest BCUT2D eigenvalue weighted by Crippen LogP contribution is 2.17. The average Bonchev–Trinajstić information content (AvgIpc) is 2.63. The molecule has 0 saturated carbocycles. The van der Waals surface area contributed by atoms with Gasteiger partial charge in [-0.25, -0.2) is 4.98 Å². The number of nitrogens with zero attached hydrogens (tertiary/aromatic N) is 1.